The first-order valence-electron chi connectivity index (χ1n) is 6.17. The van der Waals surface area contributed by atoms with Crippen LogP contribution in [0, 0.1) is 11.6 Å². The van der Waals surface area contributed by atoms with Crippen LogP contribution in [0.5, 0.6) is 0 Å². The fourth-order valence-electron chi connectivity index (χ4n) is 2.06. The van der Waals surface area contributed by atoms with E-state index in [1.165, 1.54) is 12.1 Å². The minimum absolute atomic E-state index is 0.256. The van der Waals surface area contributed by atoms with Crippen LogP contribution in [0.1, 0.15) is 12.5 Å². The Hall–Kier alpha value is -1.53. The molecule has 1 N–H and O–H groups in total. The normalized spacial score (nSPS) is 19.6. The summed E-state index contributed by atoms with van der Waals surface area (Å²) in [6.07, 6.45) is 0. The Bertz CT molecular complexity index is 468. The van der Waals surface area contributed by atoms with Crippen LogP contribution in [0.2, 0.25) is 0 Å². The molecule has 1 unspecified atom stereocenters. The molecule has 0 saturated carbocycles. The molecular weight excluding hydrogens is 254 g/mol. The Labute approximate surface area is 110 Å². The van der Waals surface area contributed by atoms with Crippen molar-refractivity contribution in [1.82, 2.24) is 10.2 Å². The first kappa shape index (κ1) is 13.9. The van der Waals surface area contributed by atoms with Crippen molar-refractivity contribution < 1.29 is 18.3 Å². The highest BCUT2D eigenvalue weighted by Crippen LogP contribution is 2.15. The van der Waals surface area contributed by atoms with Gasteiger partial charge in [-0.3, -0.25) is 15.0 Å². The molecule has 1 fully saturated rings. The number of carbonyl (C=O) groups excluding carboxylic acids is 1. The molecule has 1 aromatic rings. The maximum atomic E-state index is 13.5. The lowest BCUT2D eigenvalue weighted by Crippen LogP contribution is -2.34. The number of ether oxygens (including phenoxy) is 1. The average Bonchev–Trinajstić information content (AvgIpc) is 2.84. The van der Waals surface area contributed by atoms with Crippen LogP contribution in [-0.4, -0.2) is 36.7 Å². The molecule has 1 saturated heterocycles. The van der Waals surface area contributed by atoms with Crippen LogP contribution in [0.25, 0.3) is 0 Å². The van der Waals surface area contributed by atoms with Crippen molar-refractivity contribution in [2.24, 2.45) is 0 Å². The fraction of sp³-hybridized carbons (Fsp3) is 0.462. The molecule has 104 valence electrons. The van der Waals surface area contributed by atoms with Crippen LogP contribution in [0.3, 0.4) is 0 Å². The van der Waals surface area contributed by atoms with Crippen LogP contribution < -0.4 is 5.32 Å². The van der Waals surface area contributed by atoms with Crippen molar-refractivity contribution in [3.05, 3.63) is 35.4 Å². The quantitative estimate of drug-likeness (QED) is 0.836. The first-order valence-corrected chi connectivity index (χ1v) is 6.17. The highest BCUT2D eigenvalue weighted by molar-refractivity contribution is 5.76. The number of nitrogens with zero attached hydrogens (tertiary/aromatic N) is 1. The van der Waals surface area contributed by atoms with Crippen LogP contribution in [-0.2, 0) is 16.1 Å². The molecule has 6 heteroatoms. The van der Waals surface area contributed by atoms with Gasteiger partial charge in [0.05, 0.1) is 6.61 Å². The molecule has 19 heavy (non-hydrogen) atoms. The molecular formula is C13H16F2N2O2. The predicted molar refractivity (Wildman–Crippen MR) is 65.2 cm³/mol. The summed E-state index contributed by atoms with van der Waals surface area (Å²) in [5, 5.41) is 2.98. The first-order chi connectivity index (χ1) is 9.11. The molecule has 0 radical (unpaired) electrons. The monoisotopic (exact) mass is 270 g/mol. The SMILES string of the molecule is CCOC(=O)C1CN(Cc2cccc(F)c2F)CN1. The third-order valence-electron chi connectivity index (χ3n) is 3.00. The standard InChI is InChI=1S/C13H16F2N2O2/c1-2-19-13(18)11-7-17(8-16-11)6-9-4-3-5-10(14)12(9)15/h3-5,11,16H,2,6-8H2,1H3. The second-order valence-corrected chi connectivity index (χ2v) is 4.39. The summed E-state index contributed by atoms with van der Waals surface area (Å²) in [6.45, 7) is 3.20. The molecule has 1 heterocycles. The van der Waals surface area contributed by atoms with Crippen molar-refractivity contribution in [1.29, 1.82) is 0 Å². The number of carbonyl (C=O) groups is 1. The zero-order valence-corrected chi connectivity index (χ0v) is 10.7. The minimum atomic E-state index is -0.855. The van der Waals surface area contributed by atoms with Crippen LogP contribution >= 0.6 is 0 Å². The zero-order valence-electron chi connectivity index (χ0n) is 10.7. The van der Waals surface area contributed by atoms with Gasteiger partial charge in [0.25, 0.3) is 0 Å². The van der Waals surface area contributed by atoms with Gasteiger partial charge in [-0.1, -0.05) is 12.1 Å². The number of nitrogens with one attached hydrogen (secondary N) is 1. The zero-order chi connectivity index (χ0) is 13.8. The Balaban J connectivity index is 1.95. The maximum Gasteiger partial charge on any atom is 0.324 e. The van der Waals surface area contributed by atoms with E-state index < -0.39 is 17.7 Å². The van der Waals surface area contributed by atoms with Crippen molar-refractivity contribution in [2.75, 3.05) is 19.8 Å². The van der Waals surface area contributed by atoms with E-state index in [4.69, 9.17) is 4.74 Å². The van der Waals surface area contributed by atoms with Gasteiger partial charge in [0.1, 0.15) is 6.04 Å². The van der Waals surface area contributed by atoms with E-state index in [1.54, 1.807) is 6.92 Å². The Morgan fingerprint density at radius 3 is 3.05 bits per heavy atom. The summed E-state index contributed by atoms with van der Waals surface area (Å²) in [5.41, 5.74) is 0.284. The number of halogens is 2. The van der Waals surface area contributed by atoms with Crippen molar-refractivity contribution in [3.8, 4) is 0 Å². The number of rotatable bonds is 4. The highest BCUT2D eigenvalue weighted by atomic mass is 19.2. The molecule has 0 aromatic heterocycles. The van der Waals surface area contributed by atoms with E-state index >= 15 is 0 Å². The van der Waals surface area contributed by atoms with Gasteiger partial charge in [0.15, 0.2) is 11.6 Å². The van der Waals surface area contributed by atoms with E-state index in [1.807, 2.05) is 4.90 Å². The van der Waals surface area contributed by atoms with Crippen molar-refractivity contribution in [2.45, 2.75) is 19.5 Å². The minimum Gasteiger partial charge on any atom is -0.465 e. The largest absolute Gasteiger partial charge is 0.465 e. The van der Waals surface area contributed by atoms with E-state index in [-0.39, 0.29) is 18.1 Å². The maximum absolute atomic E-state index is 13.5. The van der Waals surface area contributed by atoms with E-state index in [0.717, 1.165) is 6.07 Å². The van der Waals surface area contributed by atoms with E-state index in [0.29, 0.717) is 19.8 Å². The van der Waals surface area contributed by atoms with Crippen LogP contribution in [0.4, 0.5) is 8.78 Å². The molecule has 1 aliphatic rings. The number of benzene rings is 1. The molecule has 1 aliphatic heterocycles. The summed E-state index contributed by atoms with van der Waals surface area (Å²) >= 11 is 0. The number of hydrogen-bond acceptors (Lipinski definition) is 4. The highest BCUT2D eigenvalue weighted by Gasteiger charge is 2.29. The summed E-state index contributed by atoms with van der Waals surface area (Å²) in [4.78, 5) is 13.4. The lowest BCUT2D eigenvalue weighted by molar-refractivity contribution is -0.145. The third-order valence-corrected chi connectivity index (χ3v) is 3.00. The molecule has 0 aliphatic carbocycles. The van der Waals surface area contributed by atoms with Gasteiger partial charge in [-0.2, -0.15) is 0 Å². The number of hydrogen-bond donors (Lipinski definition) is 1. The smallest absolute Gasteiger partial charge is 0.324 e. The number of esters is 1. The molecule has 1 aromatic carbocycles. The predicted octanol–water partition coefficient (Wildman–Crippen LogP) is 1.26. The van der Waals surface area contributed by atoms with Gasteiger partial charge >= 0.3 is 5.97 Å². The Morgan fingerprint density at radius 1 is 1.53 bits per heavy atom. The topological polar surface area (TPSA) is 41.6 Å². The second-order valence-electron chi connectivity index (χ2n) is 4.39. The van der Waals surface area contributed by atoms with Gasteiger partial charge in [-0.25, -0.2) is 8.78 Å². The summed E-state index contributed by atoms with van der Waals surface area (Å²) < 4.78 is 31.5. The van der Waals surface area contributed by atoms with Crippen LogP contribution in [0.15, 0.2) is 18.2 Å². The fourth-order valence-corrected chi connectivity index (χ4v) is 2.06. The molecule has 1 atom stereocenters. The average molecular weight is 270 g/mol. The van der Waals surface area contributed by atoms with E-state index in [9.17, 15) is 13.6 Å². The summed E-state index contributed by atoms with van der Waals surface area (Å²) in [7, 11) is 0. The van der Waals surface area contributed by atoms with Gasteiger partial charge in [-0.15, -0.1) is 0 Å². The molecule has 4 nitrogen and oxygen atoms in total. The van der Waals surface area contributed by atoms with Gasteiger partial charge in [0.2, 0.25) is 0 Å². The molecule has 0 spiro atoms. The van der Waals surface area contributed by atoms with Gasteiger partial charge in [0, 0.05) is 25.3 Å². The Kier molecular flexibility index (Phi) is 4.44. The lowest BCUT2D eigenvalue weighted by Gasteiger charge is -2.15. The van der Waals surface area contributed by atoms with Crippen molar-refractivity contribution in [3.63, 3.8) is 0 Å². The summed E-state index contributed by atoms with van der Waals surface area (Å²) in [5.74, 6) is -2.00. The van der Waals surface area contributed by atoms with Crippen molar-refractivity contribution >= 4 is 5.97 Å². The van der Waals surface area contributed by atoms with Gasteiger partial charge in [-0.05, 0) is 13.0 Å². The summed E-state index contributed by atoms with van der Waals surface area (Å²) in [6, 6.07) is 3.69. The third kappa shape index (κ3) is 3.27. The second kappa shape index (κ2) is 6.08. The molecule has 0 amide bonds. The lowest BCUT2D eigenvalue weighted by atomic mass is 10.2. The molecule has 2 rings (SSSR count). The Morgan fingerprint density at radius 2 is 2.32 bits per heavy atom. The van der Waals surface area contributed by atoms with Gasteiger partial charge < -0.3 is 4.74 Å². The van der Waals surface area contributed by atoms with E-state index in [2.05, 4.69) is 5.32 Å². The molecule has 0 bridgehead atoms.